The van der Waals surface area contributed by atoms with Crippen LogP contribution in [0.4, 0.5) is 0 Å². The molecule has 1 heterocycles. The van der Waals surface area contributed by atoms with Gasteiger partial charge in [0.05, 0.1) is 5.25 Å². The minimum absolute atomic E-state index is 0.00945. The number of aldehydes is 1. The molecule has 2 atom stereocenters. The van der Waals surface area contributed by atoms with E-state index in [-0.39, 0.29) is 15.7 Å². The molecule has 0 radical (unpaired) electrons. The van der Waals surface area contributed by atoms with Crippen molar-refractivity contribution in [1.82, 2.24) is 0 Å². The topological polar surface area (TPSA) is 17.1 Å². The summed E-state index contributed by atoms with van der Waals surface area (Å²) in [5.41, 5.74) is 1.17. The van der Waals surface area contributed by atoms with E-state index >= 15 is 0 Å². The number of hydrogen-bond donors (Lipinski definition) is 0. The molecular weight excluding hydrogens is 204 g/mol. The fraction of sp³-hybridized carbons (Fsp3) is 0.0769. The Morgan fingerprint density at radius 1 is 1.13 bits per heavy atom. The average Bonchev–Trinajstić information content (AvgIpc) is 2.31. The van der Waals surface area contributed by atoms with E-state index in [4.69, 9.17) is 0 Å². The van der Waals surface area contributed by atoms with Crippen molar-refractivity contribution in [3.63, 3.8) is 0 Å². The third-order valence-corrected chi connectivity index (χ3v) is 4.08. The van der Waals surface area contributed by atoms with Crippen LogP contribution in [0.15, 0.2) is 54.0 Å². The van der Waals surface area contributed by atoms with Gasteiger partial charge >= 0.3 is 0 Å². The summed E-state index contributed by atoms with van der Waals surface area (Å²) < 4.78 is 0. The molecule has 0 bridgehead atoms. The Morgan fingerprint density at radius 3 is 2.67 bits per heavy atom. The minimum atomic E-state index is -0.0939. The molecule has 1 aromatic rings. The van der Waals surface area contributed by atoms with E-state index in [0.717, 1.165) is 6.29 Å². The Bertz CT molecular complexity index is 429. The highest BCUT2D eigenvalue weighted by Gasteiger charge is 2.07. The maximum absolute atomic E-state index is 10.9. The quantitative estimate of drug-likeness (QED) is 0.549. The van der Waals surface area contributed by atoms with Gasteiger partial charge in [0.2, 0.25) is 0 Å². The van der Waals surface area contributed by atoms with E-state index in [2.05, 4.69) is 22.9 Å². The maximum Gasteiger partial charge on any atom is 0.136 e. The zero-order valence-corrected chi connectivity index (χ0v) is 9.06. The maximum atomic E-state index is 10.9. The third kappa shape index (κ3) is 2.54. The second kappa shape index (κ2) is 4.89. The minimum Gasteiger partial charge on any atom is -0.302 e. The van der Waals surface area contributed by atoms with Gasteiger partial charge in [-0.2, -0.15) is 0 Å². The van der Waals surface area contributed by atoms with Gasteiger partial charge in [-0.25, -0.2) is 0 Å². The molecule has 1 aliphatic rings. The molecular formula is C13H12OS. The molecule has 2 heteroatoms. The van der Waals surface area contributed by atoms with Crippen molar-refractivity contribution in [3.05, 3.63) is 59.5 Å². The van der Waals surface area contributed by atoms with E-state index in [1.807, 2.05) is 36.4 Å². The van der Waals surface area contributed by atoms with Gasteiger partial charge in [-0.1, -0.05) is 48.6 Å². The molecule has 0 spiro atoms. The van der Waals surface area contributed by atoms with E-state index in [0.29, 0.717) is 0 Å². The fourth-order valence-corrected chi connectivity index (χ4v) is 2.97. The van der Waals surface area contributed by atoms with Crippen LogP contribution in [0.25, 0.3) is 0 Å². The summed E-state index contributed by atoms with van der Waals surface area (Å²) in [6, 6.07) is 10.1. The highest BCUT2D eigenvalue weighted by atomic mass is 32.2. The van der Waals surface area contributed by atoms with Crippen LogP contribution in [-0.2, 0) is 4.79 Å². The summed E-state index contributed by atoms with van der Waals surface area (Å²) in [7, 11) is -0.0939. The van der Waals surface area contributed by atoms with Crippen molar-refractivity contribution in [2.75, 3.05) is 0 Å². The Hall–Kier alpha value is -1.41. The van der Waals surface area contributed by atoms with Crippen LogP contribution in [0.5, 0.6) is 0 Å². The van der Waals surface area contributed by atoms with Crippen LogP contribution in [0.2, 0.25) is 0 Å². The van der Waals surface area contributed by atoms with Gasteiger partial charge in [0.15, 0.2) is 0 Å². The Labute approximate surface area is 92.1 Å². The van der Waals surface area contributed by atoms with Crippen molar-refractivity contribution in [2.24, 2.45) is 0 Å². The number of carbonyl (C=O) groups excluding carboxylic acids is 1. The molecule has 0 aromatic heterocycles. The largest absolute Gasteiger partial charge is 0.302 e. The molecule has 2 unspecified atom stereocenters. The summed E-state index contributed by atoms with van der Waals surface area (Å²) >= 11 is 0. The zero-order chi connectivity index (χ0) is 10.5. The van der Waals surface area contributed by atoms with Crippen molar-refractivity contribution < 1.29 is 4.79 Å². The van der Waals surface area contributed by atoms with Crippen molar-refractivity contribution in [3.8, 4) is 0 Å². The summed E-state index contributed by atoms with van der Waals surface area (Å²) in [6.07, 6.45) is 6.90. The van der Waals surface area contributed by atoms with Gasteiger partial charge in [-0.05, 0) is 16.3 Å². The van der Waals surface area contributed by atoms with Gasteiger partial charge in [-0.3, -0.25) is 0 Å². The van der Waals surface area contributed by atoms with Crippen LogP contribution in [-0.4, -0.2) is 16.9 Å². The smallest absolute Gasteiger partial charge is 0.136 e. The van der Waals surface area contributed by atoms with Crippen LogP contribution >= 0.6 is 10.5 Å². The highest BCUT2D eigenvalue weighted by molar-refractivity contribution is 8.18. The predicted molar refractivity (Wildman–Crippen MR) is 67.3 cm³/mol. The molecule has 0 saturated carbocycles. The molecule has 1 aliphatic heterocycles. The summed E-state index contributed by atoms with van der Waals surface area (Å²) in [6.45, 7) is 0. The normalized spacial score (nSPS) is 24.3. The number of benzene rings is 1. The molecule has 2 rings (SSSR count). The van der Waals surface area contributed by atoms with E-state index in [1.165, 1.54) is 5.56 Å². The van der Waals surface area contributed by atoms with Gasteiger partial charge in [0.1, 0.15) is 6.29 Å². The first-order chi connectivity index (χ1) is 7.40. The molecule has 0 amide bonds. The van der Waals surface area contributed by atoms with Gasteiger partial charge in [0.25, 0.3) is 0 Å². The first-order valence-corrected chi connectivity index (χ1v) is 6.22. The molecule has 0 saturated heterocycles. The van der Waals surface area contributed by atoms with Crippen molar-refractivity contribution in [2.45, 2.75) is 5.25 Å². The Kier molecular flexibility index (Phi) is 3.30. The van der Waals surface area contributed by atoms with E-state index < -0.39 is 0 Å². The molecule has 76 valence electrons. The number of hydrogen-bond acceptors (Lipinski definition) is 1. The van der Waals surface area contributed by atoms with Crippen LogP contribution in [0.3, 0.4) is 0 Å². The zero-order valence-electron chi connectivity index (χ0n) is 8.24. The average molecular weight is 216 g/mol. The summed E-state index contributed by atoms with van der Waals surface area (Å²) in [5, 5.41) is 4.25. The molecule has 0 N–H and O–H groups in total. The van der Waals surface area contributed by atoms with Gasteiger partial charge in [0, 0.05) is 0 Å². The van der Waals surface area contributed by atoms with E-state index in [9.17, 15) is 4.79 Å². The number of allylic oxidation sites excluding steroid dienone is 2. The van der Waals surface area contributed by atoms with Gasteiger partial charge < -0.3 is 4.79 Å². The first kappa shape index (κ1) is 10.1. The van der Waals surface area contributed by atoms with Crippen molar-refractivity contribution in [1.29, 1.82) is 0 Å². The fourth-order valence-electron chi connectivity index (χ4n) is 1.41. The lowest BCUT2D eigenvalue weighted by Gasteiger charge is -2.11. The molecule has 0 aliphatic carbocycles. The highest BCUT2D eigenvalue weighted by Crippen LogP contribution is 2.26. The molecule has 15 heavy (non-hydrogen) atoms. The van der Waals surface area contributed by atoms with E-state index in [1.54, 1.807) is 0 Å². The first-order valence-electron chi connectivity index (χ1n) is 4.81. The lowest BCUT2D eigenvalue weighted by molar-refractivity contribution is -0.106. The third-order valence-electron chi connectivity index (χ3n) is 2.17. The predicted octanol–water partition coefficient (Wildman–Crippen LogP) is 2.76. The van der Waals surface area contributed by atoms with Crippen LogP contribution < -0.4 is 0 Å². The molecule has 0 fully saturated rings. The Morgan fingerprint density at radius 2 is 1.93 bits per heavy atom. The van der Waals surface area contributed by atoms with Gasteiger partial charge in [-0.15, -0.1) is 10.5 Å². The molecule has 1 nitrogen and oxygen atoms in total. The van der Waals surface area contributed by atoms with Crippen molar-refractivity contribution >= 4 is 22.1 Å². The Balaban J connectivity index is 2.30. The second-order valence-corrected chi connectivity index (χ2v) is 5.12. The summed E-state index contributed by atoms with van der Waals surface area (Å²) in [4.78, 5) is 10.9. The number of carbonyl (C=O) groups is 1. The standard InChI is InChI=1S/C13H12OS/c14-10-13-8-4-5-9-15(13)11-12-6-2-1-3-7-12/h1-11,13H. The van der Waals surface area contributed by atoms with Crippen LogP contribution in [0, 0.1) is 0 Å². The lowest BCUT2D eigenvalue weighted by Crippen LogP contribution is -2.04. The summed E-state index contributed by atoms with van der Waals surface area (Å²) in [5.74, 6) is 0. The number of rotatable bonds is 2. The second-order valence-electron chi connectivity index (χ2n) is 3.25. The van der Waals surface area contributed by atoms with Crippen LogP contribution in [0.1, 0.15) is 5.56 Å². The molecule has 1 aromatic carbocycles. The lowest BCUT2D eigenvalue weighted by atomic mass is 10.2. The SMILES string of the molecule is O=CC1C=CC=CS1=Cc1ccccc1. The monoisotopic (exact) mass is 216 g/mol.